The van der Waals surface area contributed by atoms with Gasteiger partial charge < -0.3 is 15.0 Å². The predicted octanol–water partition coefficient (Wildman–Crippen LogP) is 2.54. The first-order valence-electron chi connectivity index (χ1n) is 5.37. The van der Waals surface area contributed by atoms with Gasteiger partial charge in [-0.1, -0.05) is 23.2 Å². The Hall–Kier alpha value is -1.23. The van der Waals surface area contributed by atoms with E-state index >= 15 is 0 Å². The summed E-state index contributed by atoms with van der Waals surface area (Å²) in [5, 5.41) is 10.4. The van der Waals surface area contributed by atoms with Crippen LogP contribution in [0.25, 0.3) is 10.9 Å². The van der Waals surface area contributed by atoms with E-state index in [2.05, 4.69) is 4.98 Å². The molecular formula is C12H12Cl2N2O2. The van der Waals surface area contributed by atoms with E-state index in [1.165, 1.54) is 4.90 Å². The fourth-order valence-corrected chi connectivity index (χ4v) is 2.18. The van der Waals surface area contributed by atoms with Crippen LogP contribution in [0.4, 0.5) is 0 Å². The average Bonchev–Trinajstić information content (AvgIpc) is 2.66. The van der Waals surface area contributed by atoms with Crippen LogP contribution in [0, 0.1) is 0 Å². The van der Waals surface area contributed by atoms with Crippen molar-refractivity contribution >= 4 is 40.0 Å². The number of aliphatic hydroxyl groups is 1. The second-order valence-electron chi connectivity index (χ2n) is 3.95. The van der Waals surface area contributed by atoms with Gasteiger partial charge in [0.25, 0.3) is 5.91 Å². The van der Waals surface area contributed by atoms with Crippen molar-refractivity contribution in [1.29, 1.82) is 0 Å². The first kappa shape index (κ1) is 13.2. The van der Waals surface area contributed by atoms with E-state index in [9.17, 15) is 4.79 Å². The van der Waals surface area contributed by atoms with Crippen LogP contribution in [0.2, 0.25) is 10.0 Å². The van der Waals surface area contributed by atoms with Crippen LogP contribution < -0.4 is 0 Å². The van der Waals surface area contributed by atoms with Crippen LogP contribution in [-0.2, 0) is 0 Å². The largest absolute Gasteiger partial charge is 0.395 e. The predicted molar refractivity (Wildman–Crippen MR) is 72.4 cm³/mol. The van der Waals surface area contributed by atoms with Crippen LogP contribution in [0.3, 0.4) is 0 Å². The Morgan fingerprint density at radius 1 is 1.44 bits per heavy atom. The van der Waals surface area contributed by atoms with Crippen molar-refractivity contribution in [3.63, 3.8) is 0 Å². The van der Waals surface area contributed by atoms with E-state index < -0.39 is 0 Å². The Bertz CT molecular complexity index is 595. The smallest absolute Gasteiger partial charge is 0.271 e. The molecule has 2 aromatic rings. The van der Waals surface area contributed by atoms with E-state index in [1.807, 2.05) is 0 Å². The Morgan fingerprint density at radius 3 is 2.83 bits per heavy atom. The molecule has 18 heavy (non-hydrogen) atoms. The molecule has 2 N–H and O–H groups in total. The number of nitrogens with zero attached hydrogens (tertiary/aromatic N) is 1. The van der Waals surface area contributed by atoms with E-state index in [1.54, 1.807) is 25.2 Å². The molecule has 0 fully saturated rings. The zero-order chi connectivity index (χ0) is 13.3. The second kappa shape index (κ2) is 5.18. The summed E-state index contributed by atoms with van der Waals surface area (Å²) in [6, 6.07) is 5.20. The standard InChI is InChI=1S/C12H12Cl2N2O2/c1-16(4-5-17)12(18)11-10(14)8-6-7(13)2-3-9(8)15-11/h2-3,6,15,17H,4-5H2,1H3. The molecule has 0 saturated carbocycles. The lowest BCUT2D eigenvalue weighted by Gasteiger charge is -2.14. The number of benzene rings is 1. The minimum atomic E-state index is -0.263. The lowest BCUT2D eigenvalue weighted by atomic mass is 10.2. The van der Waals surface area contributed by atoms with Gasteiger partial charge in [-0.15, -0.1) is 0 Å². The van der Waals surface area contributed by atoms with Crippen molar-refractivity contribution in [2.24, 2.45) is 0 Å². The molecule has 0 aliphatic carbocycles. The highest BCUT2D eigenvalue weighted by molar-refractivity contribution is 6.39. The maximum absolute atomic E-state index is 12.1. The summed E-state index contributed by atoms with van der Waals surface area (Å²) >= 11 is 12.1. The molecule has 0 saturated heterocycles. The molecule has 1 aromatic heterocycles. The molecule has 4 nitrogen and oxygen atoms in total. The van der Waals surface area contributed by atoms with Crippen molar-refractivity contribution in [2.75, 3.05) is 20.2 Å². The van der Waals surface area contributed by atoms with Crippen LogP contribution >= 0.6 is 23.2 Å². The summed E-state index contributed by atoms with van der Waals surface area (Å²) in [5.74, 6) is -0.263. The van der Waals surface area contributed by atoms with Crippen LogP contribution in [0.5, 0.6) is 0 Å². The van der Waals surface area contributed by atoms with Gasteiger partial charge in [0.15, 0.2) is 0 Å². The van der Waals surface area contributed by atoms with Gasteiger partial charge in [0.05, 0.1) is 11.6 Å². The first-order valence-corrected chi connectivity index (χ1v) is 6.13. The molecule has 0 spiro atoms. The van der Waals surface area contributed by atoms with Crippen molar-refractivity contribution in [3.8, 4) is 0 Å². The van der Waals surface area contributed by atoms with Gasteiger partial charge in [0.2, 0.25) is 0 Å². The van der Waals surface area contributed by atoms with Crippen molar-refractivity contribution in [2.45, 2.75) is 0 Å². The summed E-state index contributed by atoms with van der Waals surface area (Å²) in [4.78, 5) is 16.4. The van der Waals surface area contributed by atoms with Crippen molar-refractivity contribution in [3.05, 3.63) is 33.9 Å². The molecule has 96 valence electrons. The molecule has 0 radical (unpaired) electrons. The normalized spacial score (nSPS) is 10.9. The summed E-state index contributed by atoms with van der Waals surface area (Å²) in [6.45, 7) is 0.164. The fourth-order valence-electron chi connectivity index (χ4n) is 1.72. The molecular weight excluding hydrogens is 275 g/mol. The minimum Gasteiger partial charge on any atom is -0.395 e. The average molecular weight is 287 g/mol. The van der Waals surface area contributed by atoms with E-state index in [4.69, 9.17) is 28.3 Å². The zero-order valence-electron chi connectivity index (χ0n) is 9.70. The summed E-state index contributed by atoms with van der Waals surface area (Å²) in [7, 11) is 1.60. The van der Waals surface area contributed by atoms with Crippen LogP contribution in [0.15, 0.2) is 18.2 Å². The molecule has 6 heteroatoms. The monoisotopic (exact) mass is 286 g/mol. The summed E-state index contributed by atoms with van der Waals surface area (Å²) in [6.07, 6.45) is 0. The molecule has 0 atom stereocenters. The highest BCUT2D eigenvalue weighted by Gasteiger charge is 2.19. The number of carbonyl (C=O) groups excluding carboxylic acids is 1. The van der Waals surface area contributed by atoms with Gasteiger partial charge in [-0.3, -0.25) is 4.79 Å². The maximum atomic E-state index is 12.1. The molecule has 0 unspecified atom stereocenters. The van der Waals surface area contributed by atoms with Gasteiger partial charge in [0.1, 0.15) is 5.69 Å². The topological polar surface area (TPSA) is 56.3 Å². The summed E-state index contributed by atoms with van der Waals surface area (Å²) in [5.41, 5.74) is 1.06. The van der Waals surface area contributed by atoms with E-state index in [0.717, 1.165) is 5.52 Å². The number of halogens is 2. The van der Waals surface area contributed by atoms with Gasteiger partial charge in [-0.2, -0.15) is 0 Å². The van der Waals surface area contributed by atoms with Crippen LogP contribution in [-0.4, -0.2) is 41.1 Å². The third kappa shape index (κ3) is 2.32. The maximum Gasteiger partial charge on any atom is 0.271 e. The Morgan fingerprint density at radius 2 is 2.17 bits per heavy atom. The number of fused-ring (bicyclic) bond motifs is 1. The lowest BCUT2D eigenvalue weighted by Crippen LogP contribution is -2.29. The number of hydrogen-bond acceptors (Lipinski definition) is 2. The number of nitrogens with one attached hydrogen (secondary N) is 1. The van der Waals surface area contributed by atoms with Gasteiger partial charge in [-0.25, -0.2) is 0 Å². The molecule has 1 amide bonds. The number of amides is 1. The Labute approximate surface area is 114 Å². The number of rotatable bonds is 3. The number of likely N-dealkylation sites (N-methyl/N-ethyl adjacent to an activating group) is 1. The second-order valence-corrected chi connectivity index (χ2v) is 4.77. The number of hydrogen-bond donors (Lipinski definition) is 2. The van der Waals surface area contributed by atoms with Crippen LogP contribution in [0.1, 0.15) is 10.5 Å². The molecule has 0 aliphatic heterocycles. The molecule has 0 aliphatic rings. The number of aliphatic hydroxyl groups excluding tert-OH is 1. The highest BCUT2D eigenvalue weighted by atomic mass is 35.5. The number of aromatic amines is 1. The zero-order valence-corrected chi connectivity index (χ0v) is 11.2. The van der Waals surface area contributed by atoms with Gasteiger partial charge in [-0.05, 0) is 18.2 Å². The Kier molecular flexibility index (Phi) is 3.80. The lowest BCUT2D eigenvalue weighted by molar-refractivity contribution is 0.0762. The van der Waals surface area contributed by atoms with Gasteiger partial charge >= 0.3 is 0 Å². The number of carbonyl (C=O) groups is 1. The van der Waals surface area contributed by atoms with Gasteiger partial charge in [0, 0.05) is 29.5 Å². The van der Waals surface area contributed by atoms with Crippen molar-refractivity contribution in [1.82, 2.24) is 9.88 Å². The quantitative estimate of drug-likeness (QED) is 0.911. The SMILES string of the molecule is CN(CCO)C(=O)c1[nH]c2ccc(Cl)cc2c1Cl. The Balaban J connectivity index is 2.46. The number of H-pyrrole nitrogens is 1. The molecule has 0 bridgehead atoms. The molecule has 2 rings (SSSR count). The third-order valence-corrected chi connectivity index (χ3v) is 3.32. The first-order chi connectivity index (χ1) is 8.54. The molecule has 1 aromatic carbocycles. The third-order valence-electron chi connectivity index (χ3n) is 2.69. The number of aromatic nitrogens is 1. The summed E-state index contributed by atoms with van der Waals surface area (Å²) < 4.78 is 0. The van der Waals surface area contributed by atoms with E-state index in [-0.39, 0.29) is 19.1 Å². The van der Waals surface area contributed by atoms with E-state index in [0.29, 0.717) is 21.1 Å². The minimum absolute atomic E-state index is 0.0914. The molecule has 1 heterocycles. The fraction of sp³-hybridized carbons (Fsp3) is 0.250. The van der Waals surface area contributed by atoms with Crippen molar-refractivity contribution < 1.29 is 9.90 Å². The highest BCUT2D eigenvalue weighted by Crippen LogP contribution is 2.30.